The highest BCUT2D eigenvalue weighted by Crippen LogP contribution is 2.38. The van der Waals surface area contributed by atoms with Crippen LogP contribution in [-0.2, 0) is 0 Å². The normalized spacial score (nSPS) is 15.9. The third-order valence-electron chi connectivity index (χ3n) is 5.81. The Kier molecular flexibility index (Phi) is 5.03. The molecule has 4 heteroatoms. The van der Waals surface area contributed by atoms with Gasteiger partial charge in [0.2, 0.25) is 5.76 Å². The molecule has 1 aliphatic rings. The van der Waals surface area contributed by atoms with E-state index in [0.29, 0.717) is 23.1 Å². The van der Waals surface area contributed by atoms with Gasteiger partial charge in [-0.1, -0.05) is 55.7 Å². The number of aryl methyl sites for hydroxylation is 3. The van der Waals surface area contributed by atoms with Crippen molar-refractivity contribution in [1.82, 2.24) is 4.90 Å². The van der Waals surface area contributed by atoms with Crippen LogP contribution < -0.4 is 5.43 Å². The van der Waals surface area contributed by atoms with Gasteiger partial charge in [0.1, 0.15) is 5.58 Å². The molecule has 0 spiro atoms. The van der Waals surface area contributed by atoms with E-state index in [-0.39, 0.29) is 17.1 Å². The molecule has 1 amide bonds. The fourth-order valence-electron chi connectivity index (χ4n) is 4.37. The average Bonchev–Trinajstić information content (AvgIpc) is 2.95. The predicted molar refractivity (Wildman–Crippen MR) is 116 cm³/mol. The summed E-state index contributed by atoms with van der Waals surface area (Å²) in [5.74, 6) is 0.0226. The molecule has 4 nitrogen and oxygen atoms in total. The first-order valence-electron chi connectivity index (χ1n) is 10.4. The van der Waals surface area contributed by atoms with Crippen LogP contribution in [0.3, 0.4) is 0 Å². The molecule has 3 aromatic rings. The van der Waals surface area contributed by atoms with E-state index in [9.17, 15) is 9.59 Å². The number of hydrogen-bond donors (Lipinski definition) is 0. The lowest BCUT2D eigenvalue weighted by atomic mass is 9.96. The van der Waals surface area contributed by atoms with Crippen LogP contribution >= 0.6 is 0 Å². The number of carbonyl (C=O) groups excluding carboxylic acids is 1. The van der Waals surface area contributed by atoms with Crippen LogP contribution in [0.15, 0.2) is 45.6 Å². The molecule has 2 heterocycles. The molecule has 1 atom stereocenters. The number of hydrogen-bond acceptors (Lipinski definition) is 3. The van der Waals surface area contributed by atoms with Crippen LogP contribution in [0.5, 0.6) is 0 Å². The highest BCUT2D eigenvalue weighted by molar-refractivity contribution is 5.99. The smallest absolute Gasteiger partial charge is 0.290 e. The topological polar surface area (TPSA) is 50.5 Å². The fraction of sp³-hybridized carbons (Fsp3) is 0.360. The van der Waals surface area contributed by atoms with Gasteiger partial charge in [0.15, 0.2) is 5.43 Å². The van der Waals surface area contributed by atoms with Crippen LogP contribution in [0.4, 0.5) is 0 Å². The summed E-state index contributed by atoms with van der Waals surface area (Å²) < 4.78 is 6.08. The number of benzene rings is 2. The quantitative estimate of drug-likeness (QED) is 0.545. The maximum atomic E-state index is 13.6. The Morgan fingerprint density at radius 2 is 1.69 bits per heavy atom. The van der Waals surface area contributed by atoms with Crippen molar-refractivity contribution < 1.29 is 9.21 Å². The molecule has 0 radical (unpaired) electrons. The van der Waals surface area contributed by atoms with Crippen LogP contribution in [0.25, 0.3) is 11.0 Å². The number of fused-ring (bicyclic) bond motifs is 2. The van der Waals surface area contributed by atoms with Crippen LogP contribution in [0.2, 0.25) is 0 Å². The summed E-state index contributed by atoms with van der Waals surface area (Å²) in [5.41, 5.74) is 4.89. The Balaban J connectivity index is 1.95. The van der Waals surface area contributed by atoms with Gasteiger partial charge in [0.05, 0.1) is 17.0 Å². The van der Waals surface area contributed by atoms with Gasteiger partial charge >= 0.3 is 0 Å². The summed E-state index contributed by atoms with van der Waals surface area (Å²) in [6.07, 6.45) is 3.02. The van der Waals surface area contributed by atoms with Crippen molar-refractivity contribution in [3.8, 4) is 0 Å². The van der Waals surface area contributed by atoms with Gasteiger partial charge in [-0.05, 0) is 49.9 Å². The molecule has 0 saturated carbocycles. The van der Waals surface area contributed by atoms with Crippen molar-refractivity contribution in [3.05, 3.63) is 80.2 Å². The lowest BCUT2D eigenvalue weighted by Crippen LogP contribution is -2.30. The maximum Gasteiger partial charge on any atom is 0.290 e. The van der Waals surface area contributed by atoms with Gasteiger partial charge in [-0.3, -0.25) is 9.59 Å². The Bertz CT molecular complexity index is 1140. The maximum absolute atomic E-state index is 13.6. The van der Waals surface area contributed by atoms with Crippen LogP contribution in [-0.4, -0.2) is 17.4 Å². The first-order chi connectivity index (χ1) is 13.9. The molecule has 150 valence electrons. The number of amides is 1. The van der Waals surface area contributed by atoms with E-state index in [4.69, 9.17) is 4.42 Å². The predicted octanol–water partition coefficient (Wildman–Crippen LogP) is 5.45. The highest BCUT2D eigenvalue weighted by atomic mass is 16.3. The molecule has 1 aromatic heterocycles. The van der Waals surface area contributed by atoms with Crippen molar-refractivity contribution >= 4 is 16.9 Å². The van der Waals surface area contributed by atoms with Crippen molar-refractivity contribution in [2.24, 2.45) is 0 Å². The fourth-order valence-corrected chi connectivity index (χ4v) is 4.37. The Hall–Kier alpha value is -2.88. The zero-order chi connectivity index (χ0) is 20.7. The van der Waals surface area contributed by atoms with E-state index in [1.807, 2.05) is 62.1 Å². The molecule has 29 heavy (non-hydrogen) atoms. The van der Waals surface area contributed by atoms with E-state index in [2.05, 4.69) is 6.92 Å². The summed E-state index contributed by atoms with van der Waals surface area (Å²) in [5, 5.41) is 0.578. The van der Waals surface area contributed by atoms with Crippen molar-refractivity contribution in [2.45, 2.75) is 53.0 Å². The van der Waals surface area contributed by atoms with E-state index < -0.39 is 6.04 Å². The summed E-state index contributed by atoms with van der Waals surface area (Å²) in [6.45, 7) is 8.68. The van der Waals surface area contributed by atoms with Gasteiger partial charge in [0.25, 0.3) is 5.91 Å². The van der Waals surface area contributed by atoms with Crippen LogP contribution in [0, 0.1) is 20.8 Å². The van der Waals surface area contributed by atoms with Crippen LogP contribution in [0.1, 0.15) is 70.6 Å². The van der Waals surface area contributed by atoms with E-state index in [1.165, 1.54) is 0 Å². The minimum atomic E-state index is -0.392. The molecular weight excluding hydrogens is 362 g/mol. The third kappa shape index (κ3) is 3.27. The second kappa shape index (κ2) is 7.51. The Morgan fingerprint density at radius 1 is 0.966 bits per heavy atom. The van der Waals surface area contributed by atoms with Gasteiger partial charge in [0, 0.05) is 6.54 Å². The Morgan fingerprint density at radius 3 is 2.38 bits per heavy atom. The summed E-state index contributed by atoms with van der Waals surface area (Å²) in [7, 11) is 0. The van der Waals surface area contributed by atoms with Gasteiger partial charge in [-0.25, -0.2) is 0 Å². The van der Waals surface area contributed by atoms with Crippen molar-refractivity contribution in [2.75, 3.05) is 6.54 Å². The van der Waals surface area contributed by atoms with E-state index in [0.717, 1.165) is 41.5 Å². The molecule has 4 rings (SSSR count). The number of nitrogens with zero attached hydrogens (tertiary/aromatic N) is 1. The second-order valence-corrected chi connectivity index (χ2v) is 8.15. The molecule has 1 unspecified atom stereocenters. The van der Waals surface area contributed by atoms with Gasteiger partial charge < -0.3 is 9.32 Å². The van der Waals surface area contributed by atoms with Crippen molar-refractivity contribution in [1.29, 1.82) is 0 Å². The van der Waals surface area contributed by atoms with Crippen molar-refractivity contribution in [3.63, 3.8) is 0 Å². The summed E-state index contributed by atoms with van der Waals surface area (Å²) in [4.78, 5) is 28.7. The largest absolute Gasteiger partial charge is 0.450 e. The molecule has 0 aliphatic carbocycles. The molecule has 1 aliphatic heterocycles. The number of carbonyl (C=O) groups is 1. The Labute approximate surface area is 171 Å². The average molecular weight is 389 g/mol. The summed E-state index contributed by atoms with van der Waals surface area (Å²) in [6, 6.07) is 11.5. The summed E-state index contributed by atoms with van der Waals surface area (Å²) >= 11 is 0. The molecule has 0 bridgehead atoms. The first-order valence-corrected chi connectivity index (χ1v) is 10.4. The molecule has 0 N–H and O–H groups in total. The second-order valence-electron chi connectivity index (χ2n) is 8.15. The monoisotopic (exact) mass is 389 g/mol. The first kappa shape index (κ1) is 19.4. The third-order valence-corrected chi connectivity index (χ3v) is 5.81. The molecule has 0 saturated heterocycles. The van der Waals surface area contributed by atoms with E-state index in [1.54, 1.807) is 0 Å². The lowest BCUT2D eigenvalue weighted by Gasteiger charge is -2.25. The van der Waals surface area contributed by atoms with Gasteiger partial charge in [-0.15, -0.1) is 0 Å². The number of unbranched alkanes of at least 4 members (excludes halogenated alkanes) is 2. The standard InChI is InChI=1S/C25H27NO3/c1-5-6-7-12-26-22(18-10-8-15(2)9-11-18)21-23(27)20-17(4)13-16(3)14-19(20)29-24(21)25(26)28/h8-11,13-14,22H,5-7,12H2,1-4H3. The zero-order valence-electron chi connectivity index (χ0n) is 17.5. The molecule has 0 fully saturated rings. The van der Waals surface area contributed by atoms with Gasteiger partial charge in [-0.2, -0.15) is 0 Å². The lowest BCUT2D eigenvalue weighted by molar-refractivity contribution is 0.0724. The zero-order valence-corrected chi connectivity index (χ0v) is 17.5. The SMILES string of the molecule is CCCCCN1C(=O)c2oc3cc(C)cc(C)c3c(=O)c2C1c1ccc(C)cc1. The van der Waals surface area contributed by atoms with E-state index >= 15 is 0 Å². The highest BCUT2D eigenvalue weighted by Gasteiger charge is 2.42. The minimum absolute atomic E-state index is 0.0873. The minimum Gasteiger partial charge on any atom is -0.450 e. The number of rotatable bonds is 5. The molecular formula is C25H27NO3. The molecule has 2 aromatic carbocycles.